The Hall–Kier alpha value is -3.53. The van der Waals surface area contributed by atoms with E-state index in [0.717, 1.165) is 12.8 Å². The summed E-state index contributed by atoms with van der Waals surface area (Å²) in [4.78, 5) is 25.6. The van der Waals surface area contributed by atoms with Crippen LogP contribution in [-0.2, 0) is 11.0 Å². The summed E-state index contributed by atoms with van der Waals surface area (Å²) >= 11 is 6.21. The fourth-order valence-electron chi connectivity index (χ4n) is 5.86. The van der Waals surface area contributed by atoms with Gasteiger partial charge >= 0.3 is 6.03 Å². The lowest BCUT2D eigenvalue weighted by molar-refractivity contribution is 0.236. The first-order valence-corrected chi connectivity index (χ1v) is 16.4. The largest absolute Gasteiger partial charge is 0.497 e. The van der Waals surface area contributed by atoms with Crippen LogP contribution in [0.15, 0.2) is 78.2 Å². The van der Waals surface area contributed by atoms with Crippen LogP contribution in [-0.4, -0.2) is 44.1 Å². The van der Waals surface area contributed by atoms with Crippen LogP contribution < -0.4 is 19.7 Å². The molecule has 3 aromatic rings. The molecule has 42 heavy (non-hydrogen) atoms. The molecule has 220 valence electrons. The Morgan fingerprint density at radius 3 is 2.55 bits per heavy atom. The Morgan fingerprint density at radius 1 is 1.14 bits per heavy atom. The number of anilines is 2. The van der Waals surface area contributed by atoms with Crippen LogP contribution in [0.1, 0.15) is 46.1 Å². The fraction of sp³-hybridized carbons (Fsp3) is 0.344. The van der Waals surface area contributed by atoms with Crippen molar-refractivity contribution in [1.29, 1.82) is 0 Å². The van der Waals surface area contributed by atoms with Gasteiger partial charge in [0.05, 0.1) is 32.0 Å². The van der Waals surface area contributed by atoms with Crippen LogP contribution in [0.3, 0.4) is 0 Å². The van der Waals surface area contributed by atoms with Crippen molar-refractivity contribution in [1.82, 2.24) is 9.97 Å². The normalized spacial score (nSPS) is 17.4. The van der Waals surface area contributed by atoms with Gasteiger partial charge in [0.2, 0.25) is 5.28 Å². The quantitative estimate of drug-likeness (QED) is 0.202. The molecule has 1 aromatic heterocycles. The Morgan fingerprint density at radius 2 is 1.90 bits per heavy atom. The third-order valence-electron chi connectivity index (χ3n) is 7.87. The van der Waals surface area contributed by atoms with Crippen molar-refractivity contribution in [3.05, 3.63) is 94.8 Å². The highest BCUT2D eigenvalue weighted by atomic mass is 35.5. The molecular formula is C32H36ClFN4O3Si. The van der Waals surface area contributed by atoms with E-state index in [-0.39, 0.29) is 29.2 Å². The van der Waals surface area contributed by atoms with Gasteiger partial charge in [-0.25, -0.2) is 14.2 Å². The molecule has 0 saturated heterocycles. The molecule has 2 atom stereocenters. The number of rotatable bonds is 8. The van der Waals surface area contributed by atoms with Crippen molar-refractivity contribution in [2.75, 3.05) is 23.5 Å². The van der Waals surface area contributed by atoms with E-state index in [1.54, 1.807) is 23.2 Å². The number of urea groups is 1. The number of halogens is 2. The van der Waals surface area contributed by atoms with Crippen molar-refractivity contribution in [2.45, 2.75) is 58.2 Å². The number of carbonyl (C=O) groups is 1. The Labute approximate surface area is 252 Å². The zero-order chi connectivity index (χ0) is 30.1. The number of ether oxygens (including phenoxy) is 1. The average Bonchev–Trinajstić information content (AvgIpc) is 2.97. The Kier molecular flexibility index (Phi) is 8.55. The van der Waals surface area contributed by atoms with Gasteiger partial charge in [-0.05, 0) is 58.9 Å². The molecule has 2 aromatic carbocycles. The third-order valence-corrected chi connectivity index (χ3v) is 13.1. The van der Waals surface area contributed by atoms with Gasteiger partial charge in [0.25, 0.3) is 8.32 Å². The molecule has 1 aliphatic carbocycles. The molecule has 5 rings (SSSR count). The number of aromatic nitrogens is 2. The van der Waals surface area contributed by atoms with Crippen molar-refractivity contribution in [3.63, 3.8) is 0 Å². The van der Waals surface area contributed by atoms with Crippen LogP contribution in [0.4, 0.5) is 20.7 Å². The van der Waals surface area contributed by atoms with Crippen molar-refractivity contribution < 1.29 is 18.3 Å². The van der Waals surface area contributed by atoms with Gasteiger partial charge in [0.15, 0.2) is 5.82 Å². The zero-order valence-corrected chi connectivity index (χ0v) is 26.4. The molecule has 1 unspecified atom stereocenters. The first kappa shape index (κ1) is 29.9. The summed E-state index contributed by atoms with van der Waals surface area (Å²) < 4.78 is 27.5. The molecule has 2 heterocycles. The lowest BCUT2D eigenvalue weighted by Gasteiger charge is -2.46. The maximum atomic E-state index is 15.2. The maximum absolute atomic E-state index is 15.2. The molecule has 0 fully saturated rings. The molecular weight excluding hydrogens is 571 g/mol. The van der Waals surface area contributed by atoms with E-state index in [1.807, 2.05) is 25.1 Å². The molecule has 0 spiro atoms. The van der Waals surface area contributed by atoms with Crippen LogP contribution in [0, 0.1) is 5.82 Å². The molecule has 1 aliphatic heterocycles. The van der Waals surface area contributed by atoms with Crippen LogP contribution in [0.5, 0.6) is 5.75 Å². The summed E-state index contributed by atoms with van der Waals surface area (Å²) in [6, 6.07) is 14.0. The summed E-state index contributed by atoms with van der Waals surface area (Å²) in [6.45, 7) is 8.92. The van der Waals surface area contributed by atoms with E-state index < -0.39 is 26.2 Å². The summed E-state index contributed by atoms with van der Waals surface area (Å²) in [5, 5.41) is 2.20. The van der Waals surface area contributed by atoms with Crippen molar-refractivity contribution >= 4 is 42.6 Å². The van der Waals surface area contributed by atoms with Crippen LogP contribution in [0.2, 0.25) is 10.3 Å². The zero-order valence-electron chi connectivity index (χ0n) is 24.6. The molecule has 0 radical (unpaired) electrons. The number of methoxy groups -OCH3 is 1. The second-order valence-electron chi connectivity index (χ2n) is 11.6. The van der Waals surface area contributed by atoms with E-state index in [9.17, 15) is 4.79 Å². The van der Waals surface area contributed by atoms with Gasteiger partial charge in [0, 0.05) is 17.8 Å². The molecule has 2 aliphatic rings. The molecule has 10 heteroatoms. The fourth-order valence-corrected chi connectivity index (χ4v) is 10.8. The number of carbonyl (C=O) groups excluding carboxylic acids is 1. The van der Waals surface area contributed by atoms with Crippen LogP contribution in [0.25, 0.3) is 0 Å². The second kappa shape index (κ2) is 12.0. The topological polar surface area (TPSA) is 67.8 Å². The van der Waals surface area contributed by atoms with Crippen molar-refractivity contribution in [3.8, 4) is 5.75 Å². The van der Waals surface area contributed by atoms with E-state index in [0.29, 0.717) is 17.1 Å². The number of fused-ring (bicyclic) bond motifs is 1. The molecule has 7 nitrogen and oxygen atoms in total. The summed E-state index contributed by atoms with van der Waals surface area (Å²) in [5.41, 5.74) is 0.793. The predicted molar refractivity (Wildman–Crippen MR) is 167 cm³/mol. The number of allylic oxidation sites excluding steroid dienone is 4. The minimum atomic E-state index is -2.83. The predicted octanol–water partition coefficient (Wildman–Crippen LogP) is 7.10. The standard InChI is InChI=1S/C32H36ClFN4O3Si/c1-22(21-41-42(32(2,3)4,25-12-8-6-9-13-25)26-14-10-7-11-15-26)38-29-23(19-35-30(33)36-29)20-37(31(38)39)28-17-16-24(40-5)18-27(28)34/h6,8-10,12-19,22H,7,11,20-21H2,1-5H3/t22-,42?/m0/s1. The lowest BCUT2D eigenvalue weighted by atomic mass is 10.1. The van der Waals surface area contributed by atoms with Gasteiger partial charge in [-0.3, -0.25) is 9.80 Å². The number of nitrogens with zero attached hydrogens (tertiary/aromatic N) is 4. The lowest BCUT2D eigenvalue weighted by Crippen LogP contribution is -2.61. The van der Waals surface area contributed by atoms with Gasteiger partial charge in [-0.1, -0.05) is 69.3 Å². The highest BCUT2D eigenvalue weighted by Gasteiger charge is 2.51. The molecule has 2 amide bonds. The Bertz CT molecular complexity index is 1530. The van der Waals surface area contributed by atoms with E-state index in [4.69, 9.17) is 20.8 Å². The number of hydrogen-bond donors (Lipinski definition) is 0. The van der Waals surface area contributed by atoms with Gasteiger partial charge in [-0.15, -0.1) is 0 Å². The van der Waals surface area contributed by atoms with Gasteiger partial charge in [-0.2, -0.15) is 4.98 Å². The maximum Gasteiger partial charge on any atom is 0.330 e. The van der Waals surface area contributed by atoms with E-state index in [2.05, 4.69) is 61.1 Å². The summed E-state index contributed by atoms with van der Waals surface area (Å²) in [5.74, 6) is 0.204. The Balaban J connectivity index is 1.54. The number of hydrogen-bond acceptors (Lipinski definition) is 5. The van der Waals surface area contributed by atoms with E-state index >= 15 is 4.39 Å². The summed E-state index contributed by atoms with van der Waals surface area (Å²) in [6.07, 6.45) is 10.3. The summed E-state index contributed by atoms with van der Waals surface area (Å²) in [7, 11) is -1.36. The smallest absolute Gasteiger partial charge is 0.330 e. The highest BCUT2D eigenvalue weighted by molar-refractivity contribution is 6.95. The van der Waals surface area contributed by atoms with Crippen molar-refractivity contribution in [2.24, 2.45) is 0 Å². The average molecular weight is 607 g/mol. The highest BCUT2D eigenvalue weighted by Crippen LogP contribution is 2.43. The third kappa shape index (κ3) is 5.48. The molecule has 0 saturated carbocycles. The van der Waals surface area contributed by atoms with Gasteiger partial charge in [0.1, 0.15) is 11.6 Å². The van der Waals surface area contributed by atoms with Crippen LogP contribution >= 0.6 is 11.6 Å². The number of amides is 2. The molecule has 0 bridgehead atoms. The van der Waals surface area contributed by atoms with E-state index in [1.165, 1.54) is 28.5 Å². The monoisotopic (exact) mass is 606 g/mol. The minimum absolute atomic E-state index is 0.0314. The number of benzene rings is 2. The van der Waals surface area contributed by atoms with Gasteiger partial charge < -0.3 is 9.16 Å². The second-order valence-corrected chi connectivity index (χ2v) is 16.3. The first-order valence-electron chi connectivity index (χ1n) is 14.1. The SMILES string of the molecule is COc1ccc(N2Cc3cnc(Cl)nc3N([C@@H](C)CO[Si](C3=CCCC=C3)(c3ccccc3)C(C)(C)C)C2=O)c(F)c1. The minimum Gasteiger partial charge on any atom is -0.497 e. The molecule has 0 N–H and O–H groups in total. The first-order chi connectivity index (χ1) is 20.1.